The van der Waals surface area contributed by atoms with Crippen LogP contribution in [-0.4, -0.2) is 34.5 Å². The van der Waals surface area contributed by atoms with E-state index in [1.165, 1.54) is 0 Å². The predicted octanol–water partition coefficient (Wildman–Crippen LogP) is -0.0418. The number of hydrogen-bond acceptors (Lipinski definition) is 4. The van der Waals surface area contributed by atoms with Gasteiger partial charge in [-0.15, -0.1) is 0 Å². The van der Waals surface area contributed by atoms with Crippen molar-refractivity contribution in [2.24, 2.45) is 11.5 Å². The van der Waals surface area contributed by atoms with Gasteiger partial charge in [0.05, 0.1) is 0 Å². The van der Waals surface area contributed by atoms with Gasteiger partial charge in [0.1, 0.15) is 0 Å². The van der Waals surface area contributed by atoms with Gasteiger partial charge in [0.15, 0.2) is 0 Å². The van der Waals surface area contributed by atoms with E-state index in [0.717, 1.165) is 6.04 Å². The lowest BCUT2D eigenvalue weighted by Gasteiger charge is -2.27. The van der Waals surface area contributed by atoms with Gasteiger partial charge in [-0.2, -0.15) is 0 Å². The molecule has 0 fully saturated rings. The molecule has 0 saturated carbocycles. The molecule has 0 heterocycles. The molecule has 0 bridgehead atoms. The molecule has 0 aromatic carbocycles. The summed E-state index contributed by atoms with van der Waals surface area (Å²) in [4.78, 5) is 0. The van der Waals surface area contributed by atoms with Crippen LogP contribution < -0.4 is 11.5 Å². The largest absolute Gasteiger partial charge is 0.394 e. The van der Waals surface area contributed by atoms with Gasteiger partial charge < -0.3 is 20.3 Å². The maximum Gasteiger partial charge on any atom is 0.353 e. The molecule has 0 aliphatic carbocycles. The lowest BCUT2D eigenvalue weighted by atomic mass is 10.8. The maximum atomic E-state index is 5.62. The fraction of sp³-hybridized carbons (Fsp3) is 1.00. The van der Waals surface area contributed by atoms with Gasteiger partial charge in [-0.1, -0.05) is 0 Å². The second-order valence-corrected chi connectivity index (χ2v) is 5.83. The summed E-state index contributed by atoms with van der Waals surface area (Å²) in [6.07, 6.45) is 0.492. The second kappa shape index (κ2) is 6.56. The fourth-order valence-electron chi connectivity index (χ4n) is 1.15. The minimum Gasteiger partial charge on any atom is -0.394 e. The lowest BCUT2D eigenvalue weighted by molar-refractivity contribution is 0.184. The molecule has 74 valence electrons. The highest BCUT2D eigenvalue weighted by Gasteiger charge is 2.34. The average Bonchev–Trinajstić information content (AvgIpc) is 2.06. The highest BCUT2D eigenvalue weighted by Crippen LogP contribution is 2.10. The molecule has 0 spiro atoms. The Balaban J connectivity index is 4.06. The van der Waals surface area contributed by atoms with Crippen LogP contribution in [0.4, 0.5) is 0 Å². The van der Waals surface area contributed by atoms with E-state index < -0.39 is 8.56 Å². The van der Waals surface area contributed by atoms with Gasteiger partial charge in [-0.05, 0) is 20.4 Å². The molecular formula is C7H20N2O2Si. The van der Waals surface area contributed by atoms with Crippen molar-refractivity contribution in [3.8, 4) is 0 Å². The van der Waals surface area contributed by atoms with Crippen LogP contribution in [-0.2, 0) is 8.85 Å². The van der Waals surface area contributed by atoms with Crippen LogP contribution >= 0.6 is 0 Å². The molecule has 4 nitrogen and oxygen atoms in total. The molecule has 0 aliphatic rings. The Labute approximate surface area is 75.5 Å². The van der Waals surface area contributed by atoms with E-state index in [-0.39, 0.29) is 0 Å². The molecule has 5 heteroatoms. The minimum atomic E-state index is -2.12. The van der Waals surface area contributed by atoms with Gasteiger partial charge in [0, 0.05) is 25.4 Å². The van der Waals surface area contributed by atoms with Crippen LogP contribution in [0.15, 0.2) is 0 Å². The maximum absolute atomic E-state index is 5.62. The zero-order valence-electron chi connectivity index (χ0n) is 8.01. The summed E-state index contributed by atoms with van der Waals surface area (Å²) in [5.41, 5.74) is 11.1. The van der Waals surface area contributed by atoms with Crippen molar-refractivity contribution >= 4 is 8.56 Å². The first-order valence-corrected chi connectivity index (χ1v) is 6.65. The third-order valence-corrected chi connectivity index (χ3v) is 4.95. The smallest absolute Gasteiger partial charge is 0.353 e. The highest BCUT2D eigenvalue weighted by atomic mass is 28.4. The van der Waals surface area contributed by atoms with E-state index in [0.29, 0.717) is 25.9 Å². The Bertz CT molecular complexity index is 96.6. The molecule has 4 N–H and O–H groups in total. The van der Waals surface area contributed by atoms with Crippen molar-refractivity contribution < 1.29 is 8.85 Å². The van der Waals surface area contributed by atoms with Gasteiger partial charge in [0.25, 0.3) is 0 Å². The van der Waals surface area contributed by atoms with Crippen molar-refractivity contribution in [1.29, 1.82) is 0 Å². The molecule has 0 amide bonds. The third kappa shape index (κ3) is 3.64. The van der Waals surface area contributed by atoms with Crippen molar-refractivity contribution in [2.45, 2.75) is 19.9 Å². The summed E-state index contributed by atoms with van der Waals surface area (Å²) in [6.45, 7) is 5.80. The second-order valence-electron chi connectivity index (χ2n) is 2.52. The number of rotatable bonds is 7. The van der Waals surface area contributed by atoms with Crippen molar-refractivity contribution in [3.05, 3.63) is 0 Å². The predicted molar refractivity (Wildman–Crippen MR) is 51.9 cm³/mol. The Kier molecular flexibility index (Phi) is 6.59. The molecule has 12 heavy (non-hydrogen) atoms. The average molecular weight is 192 g/mol. The summed E-state index contributed by atoms with van der Waals surface area (Å²) in [6, 6.07) is 0.783. The summed E-state index contributed by atoms with van der Waals surface area (Å²) >= 11 is 0. The monoisotopic (exact) mass is 192 g/mol. The first kappa shape index (κ1) is 12.1. The van der Waals surface area contributed by atoms with Gasteiger partial charge in [-0.3, -0.25) is 0 Å². The molecule has 0 aromatic heterocycles. The van der Waals surface area contributed by atoms with Crippen molar-refractivity contribution in [2.75, 3.05) is 25.9 Å². The van der Waals surface area contributed by atoms with E-state index in [9.17, 15) is 0 Å². The molecular weight excluding hydrogens is 172 g/mol. The van der Waals surface area contributed by atoms with Crippen molar-refractivity contribution in [3.63, 3.8) is 0 Å². The quantitative estimate of drug-likeness (QED) is 0.555. The van der Waals surface area contributed by atoms with Crippen LogP contribution in [0.3, 0.4) is 0 Å². The van der Waals surface area contributed by atoms with E-state index in [4.69, 9.17) is 20.3 Å². The molecule has 0 unspecified atom stereocenters. The first-order valence-electron chi connectivity index (χ1n) is 4.42. The fourth-order valence-corrected chi connectivity index (χ4v) is 3.46. The van der Waals surface area contributed by atoms with Crippen LogP contribution in [0.25, 0.3) is 0 Å². The molecule has 0 atom stereocenters. The summed E-state index contributed by atoms with van der Waals surface area (Å²) in [7, 11) is -2.12. The zero-order valence-corrected chi connectivity index (χ0v) is 9.01. The normalized spacial score (nSPS) is 12.0. The van der Waals surface area contributed by atoms with Gasteiger partial charge in [-0.25, -0.2) is 0 Å². The Morgan fingerprint density at radius 3 is 1.83 bits per heavy atom. The molecule has 0 radical (unpaired) electrons. The molecule has 0 saturated heterocycles. The van der Waals surface area contributed by atoms with Crippen LogP contribution in [0, 0.1) is 0 Å². The van der Waals surface area contributed by atoms with Gasteiger partial charge >= 0.3 is 8.56 Å². The third-order valence-electron chi connectivity index (χ3n) is 1.65. The van der Waals surface area contributed by atoms with E-state index >= 15 is 0 Å². The standard InChI is InChI=1S/C7H20N2O2Si/c1-3-10-12(7-9,6-5-8)11-4-2/h3-9H2,1-2H3. The van der Waals surface area contributed by atoms with Crippen molar-refractivity contribution in [1.82, 2.24) is 0 Å². The highest BCUT2D eigenvalue weighted by molar-refractivity contribution is 6.67. The van der Waals surface area contributed by atoms with E-state index in [1.54, 1.807) is 0 Å². The lowest BCUT2D eigenvalue weighted by Crippen LogP contribution is -2.51. The molecule has 0 aromatic rings. The zero-order chi connectivity index (χ0) is 9.45. The number of hydrogen-bond donors (Lipinski definition) is 2. The number of nitrogens with two attached hydrogens (primary N) is 2. The summed E-state index contributed by atoms with van der Waals surface area (Å²) in [5.74, 6) is 0. The molecule has 0 rings (SSSR count). The Morgan fingerprint density at radius 1 is 1.08 bits per heavy atom. The van der Waals surface area contributed by atoms with Crippen LogP contribution in [0.2, 0.25) is 6.04 Å². The summed E-state index contributed by atoms with van der Waals surface area (Å²) in [5, 5.41) is 0. The van der Waals surface area contributed by atoms with E-state index in [2.05, 4.69) is 0 Å². The van der Waals surface area contributed by atoms with Crippen LogP contribution in [0.5, 0.6) is 0 Å². The summed E-state index contributed by atoms with van der Waals surface area (Å²) < 4.78 is 11.1. The van der Waals surface area contributed by atoms with Gasteiger partial charge in [0.2, 0.25) is 0 Å². The Morgan fingerprint density at radius 2 is 1.58 bits per heavy atom. The van der Waals surface area contributed by atoms with Crippen LogP contribution in [0.1, 0.15) is 13.8 Å². The minimum absolute atomic E-state index is 0.492. The topological polar surface area (TPSA) is 70.5 Å². The SMILES string of the molecule is CCO[Si](CN)(CCN)OCC. The Hall–Kier alpha value is 0.0569. The first-order chi connectivity index (χ1) is 5.74. The van der Waals surface area contributed by atoms with E-state index in [1.807, 2.05) is 13.8 Å². The molecule has 0 aliphatic heterocycles.